The number of benzene rings is 3. The Hall–Kier alpha value is -3.47. The molecule has 5 heteroatoms. The van der Waals surface area contributed by atoms with E-state index in [4.69, 9.17) is 0 Å². The molecule has 0 saturated carbocycles. The SMILES string of the molecule is CC(C)CCNC(=O)[C@@H](c1ccccc1)N(Cc1ccc(F)cc1)C(=O)CCc1ccccc1. The highest BCUT2D eigenvalue weighted by Gasteiger charge is 2.31. The van der Waals surface area contributed by atoms with Gasteiger partial charge in [-0.2, -0.15) is 0 Å². The number of carbonyl (C=O) groups is 2. The summed E-state index contributed by atoms with van der Waals surface area (Å²) in [6, 6.07) is 24.5. The Labute approximate surface area is 201 Å². The Bertz CT molecular complexity index is 1040. The molecule has 0 aliphatic heterocycles. The molecule has 34 heavy (non-hydrogen) atoms. The fourth-order valence-electron chi connectivity index (χ4n) is 3.84. The van der Waals surface area contributed by atoms with Gasteiger partial charge >= 0.3 is 0 Å². The third-order valence-electron chi connectivity index (χ3n) is 5.75. The van der Waals surface area contributed by atoms with Gasteiger partial charge in [-0.3, -0.25) is 9.59 Å². The predicted octanol–water partition coefficient (Wildman–Crippen LogP) is 5.69. The number of hydrogen-bond donors (Lipinski definition) is 1. The van der Waals surface area contributed by atoms with Crippen molar-refractivity contribution in [3.63, 3.8) is 0 Å². The Kier molecular flexibility index (Phi) is 9.39. The van der Waals surface area contributed by atoms with E-state index in [1.165, 1.54) is 12.1 Å². The molecule has 0 heterocycles. The van der Waals surface area contributed by atoms with Crippen molar-refractivity contribution < 1.29 is 14.0 Å². The molecule has 3 aromatic rings. The zero-order chi connectivity index (χ0) is 24.3. The summed E-state index contributed by atoms with van der Waals surface area (Å²) in [6.07, 6.45) is 1.71. The Balaban J connectivity index is 1.89. The number of carbonyl (C=O) groups excluding carboxylic acids is 2. The minimum Gasteiger partial charge on any atom is -0.354 e. The summed E-state index contributed by atoms with van der Waals surface area (Å²) in [5.41, 5.74) is 2.58. The van der Waals surface area contributed by atoms with Gasteiger partial charge in [0.25, 0.3) is 0 Å². The Morgan fingerprint density at radius 2 is 1.47 bits per heavy atom. The van der Waals surface area contributed by atoms with Gasteiger partial charge in [-0.1, -0.05) is 86.6 Å². The van der Waals surface area contributed by atoms with Crippen molar-refractivity contribution >= 4 is 11.8 Å². The van der Waals surface area contributed by atoms with E-state index in [1.807, 2.05) is 60.7 Å². The van der Waals surface area contributed by atoms with E-state index in [0.29, 0.717) is 18.9 Å². The quantitative estimate of drug-likeness (QED) is 0.400. The maximum atomic E-state index is 13.6. The van der Waals surface area contributed by atoms with Gasteiger partial charge in [-0.15, -0.1) is 0 Å². The molecule has 0 radical (unpaired) electrons. The average Bonchev–Trinajstić information content (AvgIpc) is 2.84. The lowest BCUT2D eigenvalue weighted by atomic mass is 10.0. The summed E-state index contributed by atoms with van der Waals surface area (Å²) in [5, 5.41) is 3.02. The van der Waals surface area contributed by atoms with Crippen molar-refractivity contribution in [3.05, 3.63) is 107 Å². The van der Waals surface area contributed by atoms with Gasteiger partial charge in [0.15, 0.2) is 0 Å². The number of nitrogens with one attached hydrogen (secondary N) is 1. The van der Waals surface area contributed by atoms with E-state index in [9.17, 15) is 14.0 Å². The molecule has 1 atom stereocenters. The average molecular weight is 461 g/mol. The zero-order valence-corrected chi connectivity index (χ0v) is 19.9. The highest BCUT2D eigenvalue weighted by atomic mass is 19.1. The smallest absolute Gasteiger partial charge is 0.247 e. The third kappa shape index (κ3) is 7.55. The van der Waals surface area contributed by atoms with Crippen LogP contribution in [0.1, 0.15) is 49.4 Å². The van der Waals surface area contributed by atoms with E-state index in [0.717, 1.165) is 23.1 Å². The van der Waals surface area contributed by atoms with Gasteiger partial charge < -0.3 is 10.2 Å². The van der Waals surface area contributed by atoms with Crippen molar-refractivity contribution in [3.8, 4) is 0 Å². The minimum absolute atomic E-state index is 0.124. The fourth-order valence-corrected chi connectivity index (χ4v) is 3.84. The number of halogens is 1. The van der Waals surface area contributed by atoms with Crippen LogP contribution in [0.2, 0.25) is 0 Å². The molecule has 0 unspecified atom stereocenters. The lowest BCUT2D eigenvalue weighted by molar-refractivity contribution is -0.141. The molecule has 0 aliphatic rings. The first-order valence-corrected chi connectivity index (χ1v) is 11.8. The molecule has 178 valence electrons. The molecule has 3 aromatic carbocycles. The van der Waals surface area contributed by atoms with Gasteiger partial charge in [0.05, 0.1) is 0 Å². The number of hydrogen-bond acceptors (Lipinski definition) is 2. The van der Waals surface area contributed by atoms with Crippen LogP contribution >= 0.6 is 0 Å². The lowest BCUT2D eigenvalue weighted by Crippen LogP contribution is -2.43. The molecule has 1 N–H and O–H groups in total. The third-order valence-corrected chi connectivity index (χ3v) is 5.75. The van der Waals surface area contributed by atoms with Crippen LogP contribution < -0.4 is 5.32 Å². The van der Waals surface area contributed by atoms with Crippen molar-refractivity contribution in [1.29, 1.82) is 0 Å². The normalized spacial score (nSPS) is 11.8. The van der Waals surface area contributed by atoms with Crippen LogP contribution in [-0.4, -0.2) is 23.3 Å². The number of amides is 2. The molecule has 0 spiro atoms. The fraction of sp³-hybridized carbons (Fsp3) is 0.310. The molecular weight excluding hydrogens is 427 g/mol. The van der Waals surface area contributed by atoms with Gasteiger partial charge in [0.1, 0.15) is 11.9 Å². The van der Waals surface area contributed by atoms with E-state index < -0.39 is 6.04 Å². The lowest BCUT2D eigenvalue weighted by Gasteiger charge is -2.32. The largest absolute Gasteiger partial charge is 0.354 e. The predicted molar refractivity (Wildman–Crippen MR) is 133 cm³/mol. The molecule has 4 nitrogen and oxygen atoms in total. The molecule has 0 aromatic heterocycles. The van der Waals surface area contributed by atoms with Crippen molar-refractivity contribution in [1.82, 2.24) is 10.2 Å². The highest BCUT2D eigenvalue weighted by molar-refractivity contribution is 5.88. The monoisotopic (exact) mass is 460 g/mol. The highest BCUT2D eigenvalue weighted by Crippen LogP contribution is 2.25. The molecule has 0 saturated heterocycles. The summed E-state index contributed by atoms with van der Waals surface area (Å²) in [7, 11) is 0. The zero-order valence-electron chi connectivity index (χ0n) is 19.9. The van der Waals surface area contributed by atoms with E-state index >= 15 is 0 Å². The first-order chi connectivity index (χ1) is 16.4. The minimum atomic E-state index is -0.776. The summed E-state index contributed by atoms with van der Waals surface area (Å²) < 4.78 is 13.5. The van der Waals surface area contributed by atoms with Crippen molar-refractivity contribution in [2.24, 2.45) is 5.92 Å². The molecule has 0 aliphatic carbocycles. The van der Waals surface area contributed by atoms with Crippen LogP contribution in [0.3, 0.4) is 0 Å². The summed E-state index contributed by atoms with van der Waals surface area (Å²) >= 11 is 0. The van der Waals surface area contributed by atoms with Crippen LogP contribution in [0.5, 0.6) is 0 Å². The second kappa shape index (κ2) is 12.7. The second-order valence-corrected chi connectivity index (χ2v) is 8.92. The summed E-state index contributed by atoms with van der Waals surface area (Å²) in [4.78, 5) is 28.6. The van der Waals surface area contributed by atoms with Crippen LogP contribution in [0, 0.1) is 11.7 Å². The summed E-state index contributed by atoms with van der Waals surface area (Å²) in [5.74, 6) is -0.210. The van der Waals surface area contributed by atoms with E-state index in [-0.39, 0.29) is 30.6 Å². The molecule has 2 amide bonds. The van der Waals surface area contributed by atoms with Crippen molar-refractivity contribution in [2.75, 3.05) is 6.54 Å². The van der Waals surface area contributed by atoms with Crippen LogP contribution in [-0.2, 0) is 22.6 Å². The van der Waals surface area contributed by atoms with Gasteiger partial charge in [-0.25, -0.2) is 4.39 Å². The Morgan fingerprint density at radius 1 is 0.853 bits per heavy atom. The molecule has 0 bridgehead atoms. The number of aryl methyl sites for hydroxylation is 1. The Morgan fingerprint density at radius 3 is 2.09 bits per heavy atom. The first kappa shape index (κ1) is 25.2. The van der Waals surface area contributed by atoms with E-state index in [2.05, 4.69) is 19.2 Å². The van der Waals surface area contributed by atoms with Crippen LogP contribution in [0.15, 0.2) is 84.9 Å². The number of nitrogens with zero attached hydrogens (tertiary/aromatic N) is 1. The second-order valence-electron chi connectivity index (χ2n) is 8.92. The summed E-state index contributed by atoms with van der Waals surface area (Å²) in [6.45, 7) is 4.97. The van der Waals surface area contributed by atoms with Crippen LogP contribution in [0.4, 0.5) is 4.39 Å². The maximum absolute atomic E-state index is 13.6. The van der Waals surface area contributed by atoms with Crippen molar-refractivity contribution in [2.45, 2.75) is 45.7 Å². The van der Waals surface area contributed by atoms with Crippen LogP contribution in [0.25, 0.3) is 0 Å². The number of rotatable bonds is 11. The topological polar surface area (TPSA) is 49.4 Å². The molecular formula is C29H33FN2O2. The maximum Gasteiger partial charge on any atom is 0.247 e. The standard InChI is InChI=1S/C29H33FN2O2/c1-22(2)19-20-31-29(34)28(25-11-7-4-8-12-25)32(21-24-13-16-26(30)17-14-24)27(33)18-15-23-9-5-3-6-10-23/h3-14,16-17,22,28H,15,18-21H2,1-2H3,(H,31,34)/t28-/m1/s1. The first-order valence-electron chi connectivity index (χ1n) is 11.8. The van der Waals surface area contributed by atoms with E-state index in [1.54, 1.807) is 17.0 Å². The molecule has 3 rings (SSSR count). The van der Waals surface area contributed by atoms with Gasteiger partial charge in [-0.05, 0) is 47.6 Å². The molecule has 0 fully saturated rings. The van der Waals surface area contributed by atoms with Gasteiger partial charge in [0, 0.05) is 19.5 Å². The van der Waals surface area contributed by atoms with Gasteiger partial charge in [0.2, 0.25) is 11.8 Å².